The lowest BCUT2D eigenvalue weighted by molar-refractivity contribution is 0.426. The minimum absolute atomic E-state index is 0.274. The number of hydrogen-bond donors (Lipinski definition) is 1. The van der Waals surface area contributed by atoms with Crippen molar-refractivity contribution in [1.82, 2.24) is 4.31 Å². The molecule has 6 heteroatoms. The second kappa shape index (κ2) is 2.65. The standard InChI is InChI=1S/C6H12N2O2S2/c1-8(12(2,9)10)6(3-4-6)5(7)11/h3-4H2,1-2H3,(H2,7,11). The molecular weight excluding hydrogens is 196 g/mol. The largest absolute Gasteiger partial charge is 0.392 e. The lowest BCUT2D eigenvalue weighted by atomic mass is 10.3. The molecule has 0 spiro atoms. The molecule has 0 atom stereocenters. The van der Waals surface area contributed by atoms with Crippen LogP contribution in [0.1, 0.15) is 12.8 Å². The summed E-state index contributed by atoms with van der Waals surface area (Å²) in [5.41, 5.74) is 4.90. The van der Waals surface area contributed by atoms with E-state index in [2.05, 4.69) is 0 Å². The van der Waals surface area contributed by atoms with Gasteiger partial charge < -0.3 is 5.73 Å². The Morgan fingerprint density at radius 3 is 2.08 bits per heavy atom. The zero-order chi connectivity index (χ0) is 9.57. The number of sulfonamides is 1. The van der Waals surface area contributed by atoms with Gasteiger partial charge in [-0.2, -0.15) is 4.31 Å². The molecule has 0 aromatic heterocycles. The highest BCUT2D eigenvalue weighted by atomic mass is 32.2. The Hall–Kier alpha value is -0.200. The Morgan fingerprint density at radius 2 is 2.00 bits per heavy atom. The van der Waals surface area contributed by atoms with Crippen molar-refractivity contribution in [2.45, 2.75) is 18.4 Å². The van der Waals surface area contributed by atoms with Crippen LogP contribution in [0.15, 0.2) is 0 Å². The van der Waals surface area contributed by atoms with E-state index in [1.165, 1.54) is 11.4 Å². The van der Waals surface area contributed by atoms with Gasteiger partial charge in [0.15, 0.2) is 0 Å². The van der Waals surface area contributed by atoms with Crippen molar-refractivity contribution in [3.63, 3.8) is 0 Å². The number of likely N-dealkylation sites (N-methyl/N-ethyl adjacent to an activating group) is 1. The molecule has 4 nitrogen and oxygen atoms in total. The maximum absolute atomic E-state index is 11.1. The van der Waals surface area contributed by atoms with Gasteiger partial charge in [-0.1, -0.05) is 12.2 Å². The normalized spacial score (nSPS) is 20.9. The van der Waals surface area contributed by atoms with Crippen molar-refractivity contribution >= 4 is 27.2 Å². The fourth-order valence-electron chi connectivity index (χ4n) is 1.15. The molecule has 70 valence electrons. The maximum atomic E-state index is 11.1. The van der Waals surface area contributed by atoms with E-state index in [9.17, 15) is 8.42 Å². The molecule has 0 aromatic carbocycles. The molecule has 0 aromatic rings. The summed E-state index contributed by atoms with van der Waals surface area (Å²) in [4.78, 5) is 0.274. The van der Waals surface area contributed by atoms with Crippen LogP contribution in [0.3, 0.4) is 0 Å². The van der Waals surface area contributed by atoms with E-state index < -0.39 is 15.6 Å². The summed E-state index contributed by atoms with van der Waals surface area (Å²) < 4.78 is 23.5. The van der Waals surface area contributed by atoms with E-state index in [1.807, 2.05) is 0 Å². The van der Waals surface area contributed by atoms with Crippen LogP contribution in [0.4, 0.5) is 0 Å². The predicted molar refractivity (Wildman–Crippen MR) is 51.4 cm³/mol. The smallest absolute Gasteiger partial charge is 0.211 e. The van der Waals surface area contributed by atoms with Crippen LogP contribution in [0, 0.1) is 0 Å². The summed E-state index contributed by atoms with van der Waals surface area (Å²) in [5, 5.41) is 0. The second-order valence-electron chi connectivity index (χ2n) is 3.13. The van der Waals surface area contributed by atoms with Crippen LogP contribution in [0.2, 0.25) is 0 Å². The van der Waals surface area contributed by atoms with E-state index in [4.69, 9.17) is 18.0 Å². The Labute approximate surface area is 77.8 Å². The fourth-order valence-corrected chi connectivity index (χ4v) is 2.47. The quantitative estimate of drug-likeness (QED) is 0.647. The summed E-state index contributed by atoms with van der Waals surface area (Å²) in [6, 6.07) is 0. The van der Waals surface area contributed by atoms with Crippen molar-refractivity contribution in [3.05, 3.63) is 0 Å². The topological polar surface area (TPSA) is 63.4 Å². The van der Waals surface area contributed by atoms with Gasteiger partial charge in [-0.15, -0.1) is 0 Å². The van der Waals surface area contributed by atoms with Gasteiger partial charge in [0.05, 0.1) is 16.8 Å². The molecule has 0 saturated heterocycles. The molecule has 0 bridgehead atoms. The average Bonchev–Trinajstić information content (AvgIpc) is 2.62. The van der Waals surface area contributed by atoms with E-state index in [1.54, 1.807) is 0 Å². The number of hydrogen-bond acceptors (Lipinski definition) is 3. The van der Waals surface area contributed by atoms with Crippen LogP contribution in [-0.4, -0.2) is 36.6 Å². The highest BCUT2D eigenvalue weighted by Crippen LogP contribution is 2.42. The van der Waals surface area contributed by atoms with E-state index in [-0.39, 0.29) is 4.99 Å². The summed E-state index contributed by atoms with van der Waals surface area (Å²) in [6.45, 7) is 0. The van der Waals surface area contributed by atoms with Crippen molar-refractivity contribution < 1.29 is 8.42 Å². The molecule has 1 saturated carbocycles. The number of nitrogens with zero attached hydrogens (tertiary/aromatic N) is 1. The predicted octanol–water partition coefficient (Wildman–Crippen LogP) is -0.304. The Morgan fingerprint density at radius 1 is 1.58 bits per heavy atom. The van der Waals surface area contributed by atoms with Crippen LogP contribution in [0.5, 0.6) is 0 Å². The zero-order valence-corrected chi connectivity index (χ0v) is 8.70. The lowest BCUT2D eigenvalue weighted by Crippen LogP contribution is -2.46. The summed E-state index contributed by atoms with van der Waals surface area (Å²) >= 11 is 4.81. The van der Waals surface area contributed by atoms with Crippen LogP contribution in [0.25, 0.3) is 0 Å². The van der Waals surface area contributed by atoms with Crippen LogP contribution in [-0.2, 0) is 10.0 Å². The molecule has 0 amide bonds. The monoisotopic (exact) mass is 208 g/mol. The minimum atomic E-state index is -3.18. The summed E-state index contributed by atoms with van der Waals surface area (Å²) in [6.07, 6.45) is 2.64. The fraction of sp³-hybridized carbons (Fsp3) is 0.833. The van der Waals surface area contributed by atoms with E-state index in [0.29, 0.717) is 0 Å². The van der Waals surface area contributed by atoms with Crippen molar-refractivity contribution in [2.75, 3.05) is 13.3 Å². The zero-order valence-electron chi connectivity index (χ0n) is 7.07. The molecular formula is C6H12N2O2S2. The van der Waals surface area contributed by atoms with E-state index in [0.717, 1.165) is 19.1 Å². The summed E-state index contributed by atoms with van der Waals surface area (Å²) in [7, 11) is -1.66. The third-order valence-electron chi connectivity index (χ3n) is 2.28. The molecule has 12 heavy (non-hydrogen) atoms. The number of rotatable bonds is 3. The first-order chi connectivity index (χ1) is 5.31. The van der Waals surface area contributed by atoms with Crippen molar-refractivity contribution in [3.8, 4) is 0 Å². The minimum Gasteiger partial charge on any atom is -0.392 e. The molecule has 1 fully saturated rings. The highest BCUT2D eigenvalue weighted by Gasteiger charge is 2.52. The Balaban J connectivity index is 2.92. The SMILES string of the molecule is CN(C1(C(N)=S)CC1)S(C)(=O)=O. The average molecular weight is 208 g/mol. The van der Waals surface area contributed by atoms with Gasteiger partial charge in [0.1, 0.15) is 0 Å². The van der Waals surface area contributed by atoms with Gasteiger partial charge in [0.2, 0.25) is 10.0 Å². The molecule has 0 radical (unpaired) electrons. The summed E-state index contributed by atoms with van der Waals surface area (Å²) in [5.74, 6) is 0. The second-order valence-corrected chi connectivity index (χ2v) is 5.58. The highest BCUT2D eigenvalue weighted by molar-refractivity contribution is 7.88. The molecule has 2 N–H and O–H groups in total. The first-order valence-corrected chi connectivity index (χ1v) is 5.80. The maximum Gasteiger partial charge on any atom is 0.211 e. The van der Waals surface area contributed by atoms with Gasteiger partial charge in [0, 0.05) is 7.05 Å². The molecule has 0 heterocycles. The molecule has 1 aliphatic rings. The van der Waals surface area contributed by atoms with Crippen LogP contribution >= 0.6 is 12.2 Å². The van der Waals surface area contributed by atoms with Gasteiger partial charge in [0.25, 0.3) is 0 Å². The third kappa shape index (κ3) is 1.46. The first kappa shape index (κ1) is 9.88. The van der Waals surface area contributed by atoms with Crippen LogP contribution < -0.4 is 5.73 Å². The van der Waals surface area contributed by atoms with Gasteiger partial charge in [-0.3, -0.25) is 0 Å². The molecule has 1 rings (SSSR count). The Kier molecular flexibility index (Phi) is 2.18. The third-order valence-corrected chi connectivity index (χ3v) is 4.01. The van der Waals surface area contributed by atoms with Gasteiger partial charge in [-0.05, 0) is 12.8 Å². The first-order valence-electron chi connectivity index (χ1n) is 3.54. The molecule has 0 aliphatic heterocycles. The number of thiocarbonyl (C=S) groups is 1. The Bertz CT molecular complexity index is 306. The number of nitrogens with two attached hydrogens (primary N) is 1. The van der Waals surface area contributed by atoms with Crippen molar-refractivity contribution in [2.24, 2.45) is 5.73 Å². The van der Waals surface area contributed by atoms with Crippen molar-refractivity contribution in [1.29, 1.82) is 0 Å². The lowest BCUT2D eigenvalue weighted by Gasteiger charge is -2.24. The van der Waals surface area contributed by atoms with E-state index >= 15 is 0 Å². The molecule has 0 unspecified atom stereocenters. The van der Waals surface area contributed by atoms with Gasteiger partial charge in [-0.25, -0.2) is 8.42 Å². The molecule has 1 aliphatic carbocycles. The van der Waals surface area contributed by atoms with Gasteiger partial charge >= 0.3 is 0 Å².